The molecule has 2 unspecified atom stereocenters. The average molecular weight is 235 g/mol. The number of aromatic nitrogens is 1. The number of aliphatic hydroxyl groups excluding tert-OH is 1. The summed E-state index contributed by atoms with van der Waals surface area (Å²) in [6.07, 6.45) is 9.02. The Morgan fingerprint density at radius 1 is 1.35 bits per heavy atom. The van der Waals surface area contributed by atoms with Crippen molar-refractivity contribution in [1.82, 2.24) is 4.98 Å². The van der Waals surface area contributed by atoms with E-state index in [2.05, 4.69) is 18.8 Å². The minimum absolute atomic E-state index is 0.334. The fourth-order valence-corrected chi connectivity index (χ4v) is 2.28. The van der Waals surface area contributed by atoms with Crippen LogP contribution in [0.5, 0.6) is 0 Å². The van der Waals surface area contributed by atoms with E-state index in [0.717, 1.165) is 24.0 Å². The number of aryl methyl sites for hydroxylation is 1. The summed E-state index contributed by atoms with van der Waals surface area (Å²) in [5.41, 5.74) is 2.13. The summed E-state index contributed by atoms with van der Waals surface area (Å²) in [5, 5.41) is 10.3. The predicted octanol–water partition coefficient (Wildman–Crippen LogP) is 4.03. The van der Waals surface area contributed by atoms with E-state index in [1.807, 2.05) is 19.2 Å². The molecular formula is C15H25NO. The summed E-state index contributed by atoms with van der Waals surface area (Å²) >= 11 is 0. The zero-order valence-electron chi connectivity index (χ0n) is 11.3. The van der Waals surface area contributed by atoms with Crippen LogP contribution in [0, 0.1) is 12.8 Å². The van der Waals surface area contributed by atoms with Gasteiger partial charge in [0.15, 0.2) is 0 Å². The van der Waals surface area contributed by atoms with E-state index >= 15 is 0 Å². The van der Waals surface area contributed by atoms with Crippen molar-refractivity contribution in [2.45, 2.75) is 59.0 Å². The first-order valence-corrected chi connectivity index (χ1v) is 6.77. The topological polar surface area (TPSA) is 33.1 Å². The Kier molecular flexibility index (Phi) is 6.20. The first kappa shape index (κ1) is 14.2. The number of pyridine rings is 1. The Labute approximate surface area is 105 Å². The van der Waals surface area contributed by atoms with Gasteiger partial charge in [-0.25, -0.2) is 0 Å². The maximum absolute atomic E-state index is 10.3. The van der Waals surface area contributed by atoms with Crippen LogP contribution in [0.15, 0.2) is 18.5 Å². The van der Waals surface area contributed by atoms with Crippen molar-refractivity contribution in [1.29, 1.82) is 0 Å². The molecule has 17 heavy (non-hydrogen) atoms. The van der Waals surface area contributed by atoms with Gasteiger partial charge in [-0.15, -0.1) is 0 Å². The molecular weight excluding hydrogens is 210 g/mol. The fraction of sp³-hybridized carbons (Fsp3) is 0.667. The molecule has 0 amide bonds. The molecule has 0 bridgehead atoms. The summed E-state index contributed by atoms with van der Waals surface area (Å²) in [4.78, 5) is 4.07. The molecule has 2 nitrogen and oxygen atoms in total. The number of rotatable bonds is 7. The van der Waals surface area contributed by atoms with Crippen molar-refractivity contribution in [2.24, 2.45) is 5.92 Å². The van der Waals surface area contributed by atoms with Crippen LogP contribution in [-0.4, -0.2) is 10.1 Å². The molecule has 0 saturated carbocycles. The fourth-order valence-electron chi connectivity index (χ4n) is 2.28. The third-order valence-corrected chi connectivity index (χ3v) is 3.52. The highest BCUT2D eigenvalue weighted by Crippen LogP contribution is 2.27. The minimum atomic E-state index is -0.334. The van der Waals surface area contributed by atoms with Crippen LogP contribution >= 0.6 is 0 Å². The highest BCUT2D eigenvalue weighted by atomic mass is 16.3. The first-order valence-electron chi connectivity index (χ1n) is 6.77. The van der Waals surface area contributed by atoms with Crippen LogP contribution in [0.25, 0.3) is 0 Å². The van der Waals surface area contributed by atoms with E-state index in [1.165, 1.54) is 19.3 Å². The molecule has 2 heteroatoms. The zero-order valence-corrected chi connectivity index (χ0v) is 11.3. The normalized spacial score (nSPS) is 14.6. The van der Waals surface area contributed by atoms with E-state index in [4.69, 9.17) is 0 Å². The second-order valence-corrected chi connectivity index (χ2v) is 4.90. The van der Waals surface area contributed by atoms with Gasteiger partial charge in [0.05, 0.1) is 6.10 Å². The predicted molar refractivity (Wildman–Crippen MR) is 71.9 cm³/mol. The van der Waals surface area contributed by atoms with Gasteiger partial charge in [0, 0.05) is 12.4 Å². The summed E-state index contributed by atoms with van der Waals surface area (Å²) in [6.45, 7) is 6.45. The van der Waals surface area contributed by atoms with Gasteiger partial charge in [0.2, 0.25) is 0 Å². The summed E-state index contributed by atoms with van der Waals surface area (Å²) in [7, 11) is 0. The minimum Gasteiger partial charge on any atom is -0.388 e. The van der Waals surface area contributed by atoms with Crippen molar-refractivity contribution in [3.63, 3.8) is 0 Å². The molecule has 0 aromatic carbocycles. The molecule has 0 radical (unpaired) electrons. The van der Waals surface area contributed by atoms with Crippen LogP contribution < -0.4 is 0 Å². The van der Waals surface area contributed by atoms with Gasteiger partial charge in [-0.1, -0.05) is 39.5 Å². The van der Waals surface area contributed by atoms with Crippen LogP contribution in [0.2, 0.25) is 0 Å². The maximum Gasteiger partial charge on any atom is 0.0796 e. The molecule has 1 aromatic heterocycles. The molecule has 0 spiro atoms. The van der Waals surface area contributed by atoms with E-state index in [9.17, 15) is 5.11 Å². The van der Waals surface area contributed by atoms with Gasteiger partial charge >= 0.3 is 0 Å². The van der Waals surface area contributed by atoms with Crippen LogP contribution in [-0.2, 0) is 0 Å². The van der Waals surface area contributed by atoms with E-state index < -0.39 is 0 Å². The molecule has 2 atom stereocenters. The second-order valence-electron chi connectivity index (χ2n) is 4.90. The molecule has 0 fully saturated rings. The zero-order chi connectivity index (χ0) is 12.7. The third kappa shape index (κ3) is 4.47. The highest BCUT2D eigenvalue weighted by molar-refractivity contribution is 5.23. The van der Waals surface area contributed by atoms with Gasteiger partial charge in [-0.05, 0) is 36.5 Å². The van der Waals surface area contributed by atoms with Crippen LogP contribution in [0.3, 0.4) is 0 Å². The number of unbranched alkanes of at least 4 members (excludes halogenated alkanes) is 1. The van der Waals surface area contributed by atoms with E-state index in [-0.39, 0.29) is 6.10 Å². The molecule has 1 heterocycles. The van der Waals surface area contributed by atoms with Gasteiger partial charge in [-0.2, -0.15) is 0 Å². The van der Waals surface area contributed by atoms with Crippen molar-refractivity contribution in [2.75, 3.05) is 0 Å². The lowest BCUT2D eigenvalue weighted by Crippen LogP contribution is -2.08. The third-order valence-electron chi connectivity index (χ3n) is 3.52. The molecule has 0 aliphatic carbocycles. The Balaban J connectivity index is 2.58. The lowest BCUT2D eigenvalue weighted by molar-refractivity contribution is 0.138. The smallest absolute Gasteiger partial charge is 0.0796 e. The molecule has 0 aliphatic heterocycles. The van der Waals surface area contributed by atoms with Crippen molar-refractivity contribution >= 4 is 0 Å². The maximum atomic E-state index is 10.3. The van der Waals surface area contributed by atoms with Gasteiger partial charge in [0.1, 0.15) is 0 Å². The second kappa shape index (κ2) is 7.44. The van der Waals surface area contributed by atoms with Crippen LogP contribution in [0.4, 0.5) is 0 Å². The average Bonchev–Trinajstić information content (AvgIpc) is 2.34. The van der Waals surface area contributed by atoms with E-state index in [0.29, 0.717) is 5.92 Å². The van der Waals surface area contributed by atoms with E-state index in [1.54, 1.807) is 6.20 Å². The highest BCUT2D eigenvalue weighted by Gasteiger charge is 2.15. The molecule has 0 aliphatic rings. The molecule has 1 aromatic rings. The van der Waals surface area contributed by atoms with Gasteiger partial charge in [0.25, 0.3) is 0 Å². The van der Waals surface area contributed by atoms with Crippen molar-refractivity contribution in [3.8, 4) is 0 Å². The van der Waals surface area contributed by atoms with Crippen LogP contribution in [0.1, 0.15) is 63.2 Å². The van der Waals surface area contributed by atoms with Gasteiger partial charge < -0.3 is 5.11 Å². The quantitative estimate of drug-likeness (QED) is 0.774. The number of hydrogen-bond acceptors (Lipinski definition) is 2. The molecule has 1 rings (SSSR count). The Bertz CT molecular complexity index is 324. The monoisotopic (exact) mass is 235 g/mol. The molecule has 0 saturated heterocycles. The Hall–Kier alpha value is -0.890. The lowest BCUT2D eigenvalue weighted by Gasteiger charge is -2.20. The first-order chi connectivity index (χ1) is 8.19. The molecule has 96 valence electrons. The number of nitrogens with zero attached hydrogens (tertiary/aromatic N) is 1. The summed E-state index contributed by atoms with van der Waals surface area (Å²) in [5.74, 6) is 0.637. The standard InChI is InChI=1S/C15H25NO/c1-4-6-7-13(5-2)10-15(17)14-8-9-16-11-12(14)3/h8-9,11,13,15,17H,4-7,10H2,1-3H3. The Morgan fingerprint density at radius 2 is 2.12 bits per heavy atom. The molecule has 1 N–H and O–H groups in total. The number of hydrogen-bond donors (Lipinski definition) is 1. The SMILES string of the molecule is CCCCC(CC)CC(O)c1ccncc1C. The largest absolute Gasteiger partial charge is 0.388 e. The summed E-state index contributed by atoms with van der Waals surface area (Å²) < 4.78 is 0. The summed E-state index contributed by atoms with van der Waals surface area (Å²) in [6, 6.07) is 1.94. The lowest BCUT2D eigenvalue weighted by atomic mass is 9.90. The van der Waals surface area contributed by atoms with Crippen molar-refractivity contribution in [3.05, 3.63) is 29.6 Å². The number of aliphatic hydroxyl groups is 1. The van der Waals surface area contributed by atoms with Crippen molar-refractivity contribution < 1.29 is 5.11 Å². The van der Waals surface area contributed by atoms with Gasteiger partial charge in [-0.3, -0.25) is 4.98 Å². The Morgan fingerprint density at radius 3 is 2.71 bits per heavy atom.